The van der Waals surface area contributed by atoms with Gasteiger partial charge in [-0.05, 0) is 89.9 Å². The molecule has 0 aliphatic carbocycles. The number of hydrogen-bond donors (Lipinski definition) is 1. The lowest BCUT2D eigenvalue weighted by molar-refractivity contribution is -0.152. The number of rotatable bonds is 32. The van der Waals surface area contributed by atoms with Crippen molar-refractivity contribution in [3.63, 3.8) is 0 Å². The van der Waals surface area contributed by atoms with Gasteiger partial charge in [0.1, 0.15) is 19.3 Å². The molecular formula is C43H68O5. The molecule has 0 bridgehead atoms. The summed E-state index contributed by atoms with van der Waals surface area (Å²) in [6.07, 6.45) is 53.1. The number of carbonyl (C=O) groups is 2. The first-order chi connectivity index (χ1) is 23.6. The summed E-state index contributed by atoms with van der Waals surface area (Å²) in [4.78, 5) is 23.9. The van der Waals surface area contributed by atoms with Crippen LogP contribution in [0.3, 0.4) is 0 Å². The molecule has 0 aliphatic heterocycles. The first-order valence-corrected chi connectivity index (χ1v) is 18.8. The first kappa shape index (κ1) is 44.8. The summed E-state index contributed by atoms with van der Waals surface area (Å²) in [5.74, 6) is -0.630. The van der Waals surface area contributed by atoms with Crippen LogP contribution in [0.1, 0.15) is 142 Å². The van der Waals surface area contributed by atoms with Gasteiger partial charge in [0.05, 0.1) is 0 Å². The fourth-order valence-electron chi connectivity index (χ4n) is 4.54. The third-order valence-corrected chi connectivity index (χ3v) is 7.31. The van der Waals surface area contributed by atoms with E-state index in [1.807, 2.05) is 0 Å². The van der Waals surface area contributed by atoms with Crippen LogP contribution < -0.4 is 0 Å². The second-order valence-corrected chi connectivity index (χ2v) is 11.9. The zero-order valence-corrected chi connectivity index (χ0v) is 30.5. The average Bonchev–Trinajstić information content (AvgIpc) is 3.09. The normalized spacial score (nSPS) is 12.8. The molecule has 0 aromatic rings. The van der Waals surface area contributed by atoms with Crippen LogP contribution in [-0.2, 0) is 19.1 Å². The van der Waals surface area contributed by atoms with Gasteiger partial charge < -0.3 is 14.6 Å². The van der Waals surface area contributed by atoms with Gasteiger partial charge in [-0.25, -0.2) is 0 Å². The minimum Gasteiger partial charge on any atom is -0.463 e. The highest BCUT2D eigenvalue weighted by Gasteiger charge is 2.12. The van der Waals surface area contributed by atoms with Crippen molar-refractivity contribution >= 4 is 11.9 Å². The summed E-state index contributed by atoms with van der Waals surface area (Å²) in [7, 11) is 0. The van der Waals surface area contributed by atoms with Crippen molar-refractivity contribution in [3.05, 3.63) is 97.2 Å². The quantitative estimate of drug-likeness (QED) is 0.0440. The van der Waals surface area contributed by atoms with E-state index >= 15 is 0 Å². The van der Waals surface area contributed by atoms with Crippen molar-refractivity contribution in [1.29, 1.82) is 0 Å². The molecule has 0 aromatic heterocycles. The lowest BCUT2D eigenvalue weighted by Gasteiger charge is -2.12. The predicted molar refractivity (Wildman–Crippen MR) is 205 cm³/mol. The lowest BCUT2D eigenvalue weighted by Crippen LogP contribution is -2.25. The predicted octanol–water partition coefficient (Wildman–Crippen LogP) is 11.7. The lowest BCUT2D eigenvalue weighted by atomic mass is 10.1. The van der Waals surface area contributed by atoms with Crippen LogP contribution in [0, 0.1) is 0 Å². The highest BCUT2D eigenvalue weighted by atomic mass is 16.6. The molecule has 0 saturated carbocycles. The van der Waals surface area contributed by atoms with Gasteiger partial charge in [-0.3, -0.25) is 9.59 Å². The number of aliphatic hydroxyl groups excluding tert-OH is 1. The van der Waals surface area contributed by atoms with E-state index < -0.39 is 6.10 Å². The van der Waals surface area contributed by atoms with Crippen LogP contribution in [0.15, 0.2) is 97.2 Å². The zero-order chi connectivity index (χ0) is 35.0. The Balaban J connectivity index is 3.58. The Morgan fingerprint density at radius 1 is 0.438 bits per heavy atom. The van der Waals surface area contributed by atoms with E-state index in [1.165, 1.54) is 0 Å². The van der Waals surface area contributed by atoms with E-state index in [9.17, 15) is 14.7 Å². The molecule has 0 aliphatic rings. The van der Waals surface area contributed by atoms with E-state index in [4.69, 9.17) is 9.47 Å². The molecule has 0 atom stereocenters. The van der Waals surface area contributed by atoms with Crippen molar-refractivity contribution < 1.29 is 24.2 Å². The van der Waals surface area contributed by atoms with Crippen LogP contribution >= 0.6 is 0 Å². The maximum Gasteiger partial charge on any atom is 0.305 e. The number of aliphatic hydroxyl groups is 1. The third-order valence-electron chi connectivity index (χ3n) is 7.31. The van der Waals surface area contributed by atoms with Crippen molar-refractivity contribution in [1.82, 2.24) is 0 Å². The van der Waals surface area contributed by atoms with Gasteiger partial charge in [-0.2, -0.15) is 0 Å². The van der Waals surface area contributed by atoms with Gasteiger partial charge in [-0.1, -0.05) is 137 Å². The van der Waals surface area contributed by atoms with Crippen LogP contribution in [0.5, 0.6) is 0 Å². The molecule has 0 unspecified atom stereocenters. The fourth-order valence-corrected chi connectivity index (χ4v) is 4.54. The molecular weight excluding hydrogens is 596 g/mol. The fraction of sp³-hybridized carbons (Fsp3) is 0.581. The first-order valence-electron chi connectivity index (χ1n) is 18.8. The summed E-state index contributed by atoms with van der Waals surface area (Å²) in [5, 5.41) is 10.0. The highest BCUT2D eigenvalue weighted by molar-refractivity contribution is 5.69. The molecule has 5 heteroatoms. The van der Waals surface area contributed by atoms with Gasteiger partial charge in [0, 0.05) is 12.8 Å². The Kier molecular flexibility index (Phi) is 35.7. The molecule has 0 aromatic carbocycles. The largest absolute Gasteiger partial charge is 0.463 e. The summed E-state index contributed by atoms with van der Waals surface area (Å²) in [5.41, 5.74) is 0. The molecule has 0 radical (unpaired) electrons. The monoisotopic (exact) mass is 665 g/mol. The average molecular weight is 665 g/mol. The molecule has 270 valence electrons. The minimum atomic E-state index is -0.991. The highest BCUT2D eigenvalue weighted by Crippen LogP contribution is 2.09. The SMILES string of the molecule is CC/C=C\C/C=C\C/C=C\C/C=C\CCCCCCC(=O)OCC(O)COC(=O)CCCCCC/C=C\C/C=C\C/C=C\C/C=C\CC. The number of ether oxygens (including phenoxy) is 2. The van der Waals surface area contributed by atoms with Crippen molar-refractivity contribution in [2.24, 2.45) is 0 Å². The zero-order valence-electron chi connectivity index (χ0n) is 30.5. The molecule has 0 spiro atoms. The van der Waals surface area contributed by atoms with E-state index in [-0.39, 0.29) is 25.2 Å². The number of carbonyl (C=O) groups excluding carboxylic acids is 2. The van der Waals surface area contributed by atoms with E-state index in [2.05, 4.69) is 111 Å². The maximum atomic E-state index is 12.0. The Bertz CT molecular complexity index is 901. The number of unbranched alkanes of at least 4 members (excludes halogenated alkanes) is 8. The Labute approximate surface area is 294 Å². The number of hydrogen-bond acceptors (Lipinski definition) is 5. The molecule has 48 heavy (non-hydrogen) atoms. The Hall–Kier alpha value is -3.18. The molecule has 0 saturated heterocycles. The van der Waals surface area contributed by atoms with Crippen LogP contribution in [0.4, 0.5) is 0 Å². The standard InChI is InChI=1S/C43H68O5/c1-3-5-7-9-11-13-15-17-19-21-23-25-27-29-31-33-35-37-42(45)47-39-41(44)40-48-43(46)38-36-34-32-30-28-26-24-22-20-18-16-14-12-10-8-6-4-2/h5-8,11-14,17-20,23-26,41,44H,3-4,9-10,15-16,21-22,27-40H2,1-2H3/b7-5-,8-6-,13-11-,14-12-,19-17-,20-18-,25-23-,26-24-. The summed E-state index contributed by atoms with van der Waals surface area (Å²) >= 11 is 0. The molecule has 0 rings (SSSR count). The summed E-state index contributed by atoms with van der Waals surface area (Å²) < 4.78 is 10.3. The minimum absolute atomic E-state index is 0.144. The van der Waals surface area contributed by atoms with Crippen molar-refractivity contribution in [3.8, 4) is 0 Å². The number of esters is 2. The third kappa shape index (κ3) is 37.3. The van der Waals surface area contributed by atoms with Gasteiger partial charge in [0.15, 0.2) is 0 Å². The second kappa shape index (κ2) is 38.3. The van der Waals surface area contributed by atoms with Gasteiger partial charge in [-0.15, -0.1) is 0 Å². The maximum absolute atomic E-state index is 12.0. The Morgan fingerprint density at radius 3 is 1.06 bits per heavy atom. The molecule has 1 N–H and O–H groups in total. The van der Waals surface area contributed by atoms with E-state index in [0.717, 1.165) is 116 Å². The van der Waals surface area contributed by atoms with Crippen LogP contribution in [0.25, 0.3) is 0 Å². The topological polar surface area (TPSA) is 72.8 Å². The summed E-state index contributed by atoms with van der Waals surface area (Å²) in [6.45, 7) is 4.01. The molecule has 0 amide bonds. The molecule has 0 fully saturated rings. The van der Waals surface area contributed by atoms with Crippen LogP contribution in [-0.4, -0.2) is 36.4 Å². The summed E-state index contributed by atoms with van der Waals surface area (Å²) in [6, 6.07) is 0. The van der Waals surface area contributed by atoms with E-state index in [0.29, 0.717) is 12.8 Å². The molecule has 0 heterocycles. The van der Waals surface area contributed by atoms with Gasteiger partial charge in [0.2, 0.25) is 0 Å². The van der Waals surface area contributed by atoms with E-state index in [1.54, 1.807) is 0 Å². The van der Waals surface area contributed by atoms with Gasteiger partial charge >= 0.3 is 11.9 Å². The van der Waals surface area contributed by atoms with Crippen molar-refractivity contribution in [2.45, 2.75) is 148 Å². The number of allylic oxidation sites excluding steroid dienone is 16. The molecule has 5 nitrogen and oxygen atoms in total. The van der Waals surface area contributed by atoms with Crippen LogP contribution in [0.2, 0.25) is 0 Å². The second-order valence-electron chi connectivity index (χ2n) is 11.9. The smallest absolute Gasteiger partial charge is 0.305 e. The van der Waals surface area contributed by atoms with Crippen molar-refractivity contribution in [2.75, 3.05) is 13.2 Å². The van der Waals surface area contributed by atoms with Gasteiger partial charge in [0.25, 0.3) is 0 Å². The Morgan fingerprint density at radius 2 is 0.729 bits per heavy atom.